The number of hydrogen-bond acceptors (Lipinski definition) is 6. The molecule has 3 aliphatic rings. The SMILES string of the molecule is COC(=O)C1=CCC2CCCC2(N2CCOCC2)C1C(=O)OC. The van der Waals surface area contributed by atoms with E-state index in [0.717, 1.165) is 38.8 Å². The molecule has 1 heterocycles. The average molecular weight is 323 g/mol. The van der Waals surface area contributed by atoms with Gasteiger partial charge in [-0.05, 0) is 25.2 Å². The van der Waals surface area contributed by atoms with Crippen LogP contribution in [0.3, 0.4) is 0 Å². The Morgan fingerprint density at radius 1 is 1.26 bits per heavy atom. The summed E-state index contributed by atoms with van der Waals surface area (Å²) < 4.78 is 15.5. The maximum absolute atomic E-state index is 12.7. The molecule has 1 aliphatic heterocycles. The Morgan fingerprint density at radius 2 is 2.00 bits per heavy atom. The molecule has 0 aromatic rings. The van der Waals surface area contributed by atoms with Gasteiger partial charge in [0, 0.05) is 24.2 Å². The van der Waals surface area contributed by atoms with Gasteiger partial charge in [-0.25, -0.2) is 4.79 Å². The molecule has 2 fully saturated rings. The Balaban J connectivity index is 2.05. The summed E-state index contributed by atoms with van der Waals surface area (Å²) in [7, 11) is 2.75. The minimum atomic E-state index is -0.570. The lowest BCUT2D eigenvalue weighted by Gasteiger charge is -2.52. The Labute approximate surface area is 136 Å². The molecular formula is C17H25NO5. The Bertz CT molecular complexity index is 511. The third-order valence-electron chi connectivity index (χ3n) is 5.73. The number of rotatable bonds is 3. The zero-order valence-corrected chi connectivity index (χ0v) is 13.9. The Hall–Kier alpha value is -1.40. The first-order valence-corrected chi connectivity index (χ1v) is 8.34. The number of carbonyl (C=O) groups excluding carboxylic acids is 2. The highest BCUT2D eigenvalue weighted by molar-refractivity contribution is 5.96. The van der Waals surface area contributed by atoms with Crippen molar-refractivity contribution in [1.82, 2.24) is 4.90 Å². The maximum atomic E-state index is 12.7. The fourth-order valence-corrected chi connectivity index (χ4v) is 4.79. The molecule has 3 unspecified atom stereocenters. The first-order valence-electron chi connectivity index (χ1n) is 8.34. The number of methoxy groups -OCH3 is 2. The average Bonchev–Trinajstić information content (AvgIpc) is 3.05. The van der Waals surface area contributed by atoms with Gasteiger partial charge in [-0.1, -0.05) is 12.5 Å². The number of morpholine rings is 1. The highest BCUT2D eigenvalue weighted by Crippen LogP contribution is 2.53. The largest absolute Gasteiger partial charge is 0.468 e. The van der Waals surface area contributed by atoms with Crippen molar-refractivity contribution >= 4 is 11.9 Å². The first kappa shape index (κ1) is 16.5. The summed E-state index contributed by atoms with van der Waals surface area (Å²) in [4.78, 5) is 27.3. The van der Waals surface area contributed by atoms with E-state index in [4.69, 9.17) is 14.2 Å². The van der Waals surface area contributed by atoms with Gasteiger partial charge in [0.15, 0.2) is 0 Å². The topological polar surface area (TPSA) is 65.1 Å². The van der Waals surface area contributed by atoms with Crippen molar-refractivity contribution < 1.29 is 23.8 Å². The zero-order valence-electron chi connectivity index (χ0n) is 13.9. The Morgan fingerprint density at radius 3 is 2.65 bits per heavy atom. The van der Waals surface area contributed by atoms with Crippen LogP contribution in [0.15, 0.2) is 11.6 Å². The fourth-order valence-electron chi connectivity index (χ4n) is 4.79. The van der Waals surface area contributed by atoms with Crippen LogP contribution < -0.4 is 0 Å². The third-order valence-corrected chi connectivity index (χ3v) is 5.73. The number of fused-ring (bicyclic) bond motifs is 1. The van der Waals surface area contributed by atoms with Crippen LogP contribution in [-0.2, 0) is 23.8 Å². The molecule has 3 rings (SSSR count). The van der Waals surface area contributed by atoms with Gasteiger partial charge < -0.3 is 14.2 Å². The quantitative estimate of drug-likeness (QED) is 0.726. The van der Waals surface area contributed by atoms with Crippen LogP contribution in [-0.4, -0.2) is 62.9 Å². The smallest absolute Gasteiger partial charge is 0.334 e. The van der Waals surface area contributed by atoms with E-state index in [1.165, 1.54) is 14.2 Å². The van der Waals surface area contributed by atoms with Crippen molar-refractivity contribution in [2.24, 2.45) is 11.8 Å². The van der Waals surface area contributed by atoms with E-state index < -0.39 is 11.9 Å². The van der Waals surface area contributed by atoms with Crippen LogP contribution in [0.5, 0.6) is 0 Å². The number of carbonyl (C=O) groups is 2. The summed E-state index contributed by atoms with van der Waals surface area (Å²) in [6, 6.07) is 0. The van der Waals surface area contributed by atoms with Crippen molar-refractivity contribution in [2.45, 2.75) is 31.2 Å². The molecule has 2 aliphatic carbocycles. The molecule has 3 atom stereocenters. The number of hydrogen-bond donors (Lipinski definition) is 0. The van der Waals surface area contributed by atoms with Crippen LogP contribution in [0.4, 0.5) is 0 Å². The summed E-state index contributed by atoms with van der Waals surface area (Å²) >= 11 is 0. The Kier molecular flexibility index (Phi) is 4.73. The number of ether oxygens (including phenoxy) is 3. The van der Waals surface area contributed by atoms with E-state index in [1.807, 2.05) is 6.08 Å². The molecule has 23 heavy (non-hydrogen) atoms. The number of allylic oxidation sites excluding steroid dienone is 1. The summed E-state index contributed by atoms with van der Waals surface area (Å²) in [6.07, 6.45) is 5.76. The van der Waals surface area contributed by atoms with Crippen LogP contribution in [0, 0.1) is 11.8 Å². The van der Waals surface area contributed by atoms with Crippen LogP contribution >= 0.6 is 0 Å². The molecule has 0 aromatic carbocycles. The second kappa shape index (κ2) is 6.61. The van der Waals surface area contributed by atoms with Crippen molar-refractivity contribution in [1.29, 1.82) is 0 Å². The van der Waals surface area contributed by atoms with E-state index in [-0.39, 0.29) is 11.5 Å². The molecule has 0 aromatic heterocycles. The normalized spacial score (nSPS) is 34.4. The predicted molar refractivity (Wildman–Crippen MR) is 82.7 cm³/mol. The first-order chi connectivity index (χ1) is 11.1. The maximum Gasteiger partial charge on any atom is 0.334 e. The molecule has 1 saturated heterocycles. The van der Waals surface area contributed by atoms with Gasteiger partial charge in [-0.2, -0.15) is 0 Å². The van der Waals surface area contributed by atoms with Gasteiger partial charge in [-0.15, -0.1) is 0 Å². The van der Waals surface area contributed by atoms with Crippen LogP contribution in [0.2, 0.25) is 0 Å². The van der Waals surface area contributed by atoms with Gasteiger partial charge in [0.25, 0.3) is 0 Å². The van der Waals surface area contributed by atoms with E-state index >= 15 is 0 Å². The van der Waals surface area contributed by atoms with Gasteiger partial charge in [0.05, 0.1) is 27.4 Å². The highest BCUT2D eigenvalue weighted by Gasteiger charge is 2.59. The van der Waals surface area contributed by atoms with Gasteiger partial charge in [-0.3, -0.25) is 9.69 Å². The minimum absolute atomic E-state index is 0.334. The molecule has 0 amide bonds. The van der Waals surface area contributed by atoms with Crippen molar-refractivity contribution in [2.75, 3.05) is 40.5 Å². The van der Waals surface area contributed by atoms with E-state index in [2.05, 4.69) is 4.90 Å². The van der Waals surface area contributed by atoms with Gasteiger partial charge >= 0.3 is 11.9 Å². The van der Waals surface area contributed by atoms with Crippen LogP contribution in [0.25, 0.3) is 0 Å². The molecule has 0 radical (unpaired) electrons. The van der Waals surface area contributed by atoms with Gasteiger partial charge in [0.1, 0.15) is 5.92 Å². The molecule has 0 bridgehead atoms. The molecule has 6 nitrogen and oxygen atoms in total. The van der Waals surface area contributed by atoms with Crippen molar-refractivity contribution in [3.8, 4) is 0 Å². The summed E-state index contributed by atoms with van der Waals surface area (Å²) in [5.41, 5.74) is 0.124. The summed E-state index contributed by atoms with van der Waals surface area (Å²) in [5.74, 6) is -0.949. The molecule has 0 spiro atoms. The zero-order chi connectivity index (χ0) is 16.4. The predicted octanol–water partition coefficient (Wildman–Crippen LogP) is 1.15. The molecule has 128 valence electrons. The van der Waals surface area contributed by atoms with E-state index in [0.29, 0.717) is 24.7 Å². The lowest BCUT2D eigenvalue weighted by atomic mass is 9.66. The van der Waals surface area contributed by atoms with Crippen LogP contribution in [0.1, 0.15) is 25.7 Å². The highest BCUT2D eigenvalue weighted by atomic mass is 16.5. The van der Waals surface area contributed by atoms with Gasteiger partial charge in [0.2, 0.25) is 0 Å². The van der Waals surface area contributed by atoms with E-state index in [9.17, 15) is 9.59 Å². The number of esters is 2. The van der Waals surface area contributed by atoms with Crippen molar-refractivity contribution in [3.63, 3.8) is 0 Å². The van der Waals surface area contributed by atoms with E-state index in [1.54, 1.807) is 0 Å². The molecular weight excluding hydrogens is 298 g/mol. The fraction of sp³-hybridized carbons (Fsp3) is 0.765. The molecule has 6 heteroatoms. The lowest BCUT2D eigenvalue weighted by Crippen LogP contribution is -2.63. The standard InChI is InChI=1S/C17H25NO5/c1-21-15(19)13-6-5-12-4-3-7-17(12,14(13)16(20)22-2)18-8-10-23-11-9-18/h6,12,14H,3-5,7-11H2,1-2H3. The second-order valence-corrected chi connectivity index (χ2v) is 6.52. The number of nitrogens with zero attached hydrogens (tertiary/aromatic N) is 1. The molecule has 1 saturated carbocycles. The summed E-state index contributed by atoms with van der Waals surface area (Å²) in [5, 5.41) is 0. The minimum Gasteiger partial charge on any atom is -0.468 e. The second-order valence-electron chi connectivity index (χ2n) is 6.52. The third kappa shape index (κ3) is 2.58. The molecule has 0 N–H and O–H groups in total. The lowest BCUT2D eigenvalue weighted by molar-refractivity contribution is -0.158. The monoisotopic (exact) mass is 323 g/mol. The summed E-state index contributed by atoms with van der Waals surface area (Å²) in [6.45, 7) is 2.91. The van der Waals surface area contributed by atoms with Crippen molar-refractivity contribution in [3.05, 3.63) is 11.6 Å².